The molecule has 2 heterocycles. The molecule has 0 atom stereocenters. The van der Waals surface area contributed by atoms with Crippen molar-refractivity contribution in [2.24, 2.45) is 0 Å². The number of ketones is 1. The third-order valence-corrected chi connectivity index (χ3v) is 6.88. The van der Waals surface area contributed by atoms with E-state index < -0.39 is 0 Å². The topological polar surface area (TPSA) is 66.2 Å². The predicted molar refractivity (Wildman–Crippen MR) is 129 cm³/mol. The van der Waals surface area contributed by atoms with E-state index in [-0.39, 0.29) is 11.5 Å². The quantitative estimate of drug-likeness (QED) is 0.249. The van der Waals surface area contributed by atoms with Crippen LogP contribution in [0.1, 0.15) is 20.1 Å². The molecule has 0 aliphatic rings. The Hall–Kier alpha value is -3.10. The number of hydrogen-bond donors (Lipinski definition) is 0. The number of carbonyl (C=O) groups excluding carboxylic acids is 1. The van der Waals surface area contributed by atoms with Crippen LogP contribution in [0.5, 0.6) is 11.5 Å². The number of rotatable bonds is 8. The first-order valence-corrected chi connectivity index (χ1v) is 11.8. The SMILES string of the molecule is COc1ccc(-n2c(SCC(=O)c3cc(C)sc3C)nnc2-c2ccccc2OC)cc1. The lowest BCUT2D eigenvalue weighted by molar-refractivity contribution is 0.102. The standard InChI is InChI=1S/C24H23N3O3S2/c1-15-13-20(16(2)32-15)21(28)14-31-24-26-25-23(19-7-5-6-8-22(19)30-4)27(24)17-9-11-18(29-3)12-10-17/h5-13H,14H2,1-4H3. The Kier molecular flexibility index (Phi) is 6.62. The molecule has 4 aromatic rings. The van der Waals surface area contributed by atoms with Gasteiger partial charge >= 0.3 is 0 Å². The lowest BCUT2D eigenvalue weighted by atomic mass is 10.2. The van der Waals surface area contributed by atoms with Crippen molar-refractivity contribution in [1.29, 1.82) is 0 Å². The first-order chi connectivity index (χ1) is 15.5. The molecule has 32 heavy (non-hydrogen) atoms. The van der Waals surface area contributed by atoms with E-state index in [0.717, 1.165) is 32.3 Å². The number of carbonyl (C=O) groups is 1. The zero-order valence-corrected chi connectivity index (χ0v) is 19.9. The Labute approximate surface area is 195 Å². The van der Waals surface area contributed by atoms with Crippen molar-refractivity contribution in [2.75, 3.05) is 20.0 Å². The van der Waals surface area contributed by atoms with Gasteiger partial charge in [0, 0.05) is 15.3 Å². The van der Waals surface area contributed by atoms with E-state index in [9.17, 15) is 4.79 Å². The largest absolute Gasteiger partial charge is 0.497 e. The molecule has 0 bridgehead atoms. The molecule has 164 valence electrons. The van der Waals surface area contributed by atoms with Gasteiger partial charge in [0.2, 0.25) is 0 Å². The van der Waals surface area contributed by atoms with Crippen LogP contribution in [-0.2, 0) is 0 Å². The fraction of sp³-hybridized carbons (Fsp3) is 0.208. The summed E-state index contributed by atoms with van der Waals surface area (Å²) in [6.45, 7) is 4.00. The maximum atomic E-state index is 12.9. The van der Waals surface area contributed by atoms with Crippen LogP contribution < -0.4 is 9.47 Å². The number of thioether (sulfide) groups is 1. The van der Waals surface area contributed by atoms with Gasteiger partial charge in [-0.05, 0) is 56.3 Å². The van der Waals surface area contributed by atoms with E-state index in [0.29, 0.717) is 16.7 Å². The number of aromatic nitrogens is 3. The molecule has 0 unspecified atom stereocenters. The molecule has 2 aromatic heterocycles. The van der Waals surface area contributed by atoms with Crippen LogP contribution >= 0.6 is 23.1 Å². The fourth-order valence-corrected chi connectivity index (χ4v) is 5.22. The molecule has 6 nitrogen and oxygen atoms in total. The summed E-state index contributed by atoms with van der Waals surface area (Å²) >= 11 is 3.01. The van der Waals surface area contributed by atoms with E-state index in [1.165, 1.54) is 11.8 Å². The molecular formula is C24H23N3O3S2. The first kappa shape index (κ1) is 22.1. The average Bonchev–Trinajstić information content (AvgIpc) is 3.39. The van der Waals surface area contributed by atoms with Gasteiger partial charge in [-0.3, -0.25) is 9.36 Å². The Morgan fingerprint density at radius 1 is 1.03 bits per heavy atom. The second kappa shape index (κ2) is 9.58. The first-order valence-electron chi connectivity index (χ1n) is 9.98. The summed E-state index contributed by atoms with van der Waals surface area (Å²) < 4.78 is 12.8. The van der Waals surface area contributed by atoms with Crippen molar-refractivity contribution in [3.05, 3.63) is 69.9 Å². The van der Waals surface area contributed by atoms with Crippen LogP contribution in [0.4, 0.5) is 0 Å². The van der Waals surface area contributed by atoms with Gasteiger partial charge < -0.3 is 9.47 Å². The van der Waals surface area contributed by atoms with E-state index in [4.69, 9.17) is 9.47 Å². The molecule has 8 heteroatoms. The zero-order valence-electron chi connectivity index (χ0n) is 18.3. The number of aryl methyl sites for hydroxylation is 2. The van der Waals surface area contributed by atoms with Gasteiger partial charge in [-0.1, -0.05) is 23.9 Å². The maximum Gasteiger partial charge on any atom is 0.196 e. The minimum Gasteiger partial charge on any atom is -0.497 e. The van der Waals surface area contributed by atoms with Crippen molar-refractivity contribution in [2.45, 2.75) is 19.0 Å². The molecule has 0 saturated carbocycles. The van der Waals surface area contributed by atoms with Crippen molar-refractivity contribution in [1.82, 2.24) is 14.8 Å². The zero-order chi connectivity index (χ0) is 22.7. The van der Waals surface area contributed by atoms with Gasteiger partial charge in [0.25, 0.3) is 0 Å². The molecule has 0 aliphatic carbocycles. The van der Waals surface area contributed by atoms with Gasteiger partial charge in [0.05, 0.1) is 31.2 Å². The fourth-order valence-electron chi connectivity index (χ4n) is 3.45. The minimum absolute atomic E-state index is 0.0833. The summed E-state index contributed by atoms with van der Waals surface area (Å²) in [4.78, 5) is 15.0. The number of ether oxygens (including phenoxy) is 2. The van der Waals surface area contributed by atoms with Gasteiger partial charge in [0.1, 0.15) is 11.5 Å². The predicted octanol–water partition coefficient (Wildman–Crippen LogP) is 5.60. The molecule has 0 fully saturated rings. The maximum absolute atomic E-state index is 12.9. The van der Waals surface area contributed by atoms with E-state index in [1.807, 2.05) is 73.0 Å². The van der Waals surface area contributed by atoms with Crippen LogP contribution in [0.3, 0.4) is 0 Å². The molecule has 0 N–H and O–H groups in total. The second-order valence-corrected chi connectivity index (χ2v) is 9.48. The highest BCUT2D eigenvalue weighted by molar-refractivity contribution is 7.99. The van der Waals surface area contributed by atoms with Crippen molar-refractivity contribution in [3.8, 4) is 28.6 Å². The molecular weight excluding hydrogens is 442 g/mol. The summed E-state index contributed by atoms with van der Waals surface area (Å²) in [7, 11) is 3.27. The number of benzene rings is 2. The van der Waals surface area contributed by atoms with Gasteiger partial charge in [-0.15, -0.1) is 21.5 Å². The molecule has 0 aliphatic heterocycles. The summed E-state index contributed by atoms with van der Waals surface area (Å²) in [6.07, 6.45) is 0. The average molecular weight is 466 g/mol. The number of hydrogen-bond acceptors (Lipinski definition) is 7. The third kappa shape index (κ3) is 4.42. The van der Waals surface area contributed by atoms with E-state index in [2.05, 4.69) is 10.2 Å². The Bertz CT molecular complexity index is 1250. The summed E-state index contributed by atoms with van der Waals surface area (Å²) in [6, 6.07) is 17.3. The molecule has 4 rings (SSSR count). The molecule has 0 spiro atoms. The molecule has 0 radical (unpaired) electrons. The van der Waals surface area contributed by atoms with E-state index in [1.54, 1.807) is 25.6 Å². The van der Waals surface area contributed by atoms with Crippen LogP contribution in [0.15, 0.2) is 59.8 Å². The lowest BCUT2D eigenvalue weighted by Crippen LogP contribution is -2.05. The number of thiophene rings is 1. The van der Waals surface area contributed by atoms with Crippen molar-refractivity contribution < 1.29 is 14.3 Å². The highest BCUT2D eigenvalue weighted by Gasteiger charge is 2.21. The number of Topliss-reactive ketones (excluding diaryl/α,β-unsaturated/α-hetero) is 1. The van der Waals surface area contributed by atoms with Gasteiger partial charge in [-0.25, -0.2) is 0 Å². The summed E-state index contributed by atoms with van der Waals surface area (Å²) in [5, 5.41) is 9.51. The summed E-state index contributed by atoms with van der Waals surface area (Å²) in [5.74, 6) is 2.46. The van der Waals surface area contributed by atoms with Crippen LogP contribution in [0.2, 0.25) is 0 Å². The number of para-hydroxylation sites is 1. The Morgan fingerprint density at radius 3 is 2.44 bits per heavy atom. The van der Waals surface area contributed by atoms with Crippen molar-refractivity contribution in [3.63, 3.8) is 0 Å². The smallest absolute Gasteiger partial charge is 0.196 e. The molecule has 0 amide bonds. The van der Waals surface area contributed by atoms with Crippen LogP contribution in [-0.4, -0.2) is 40.5 Å². The Morgan fingerprint density at radius 2 is 1.78 bits per heavy atom. The highest BCUT2D eigenvalue weighted by atomic mass is 32.2. The third-order valence-electron chi connectivity index (χ3n) is 4.99. The van der Waals surface area contributed by atoms with Crippen molar-refractivity contribution >= 4 is 28.9 Å². The molecule has 2 aromatic carbocycles. The van der Waals surface area contributed by atoms with Crippen LogP contribution in [0.25, 0.3) is 17.1 Å². The summed E-state index contributed by atoms with van der Waals surface area (Å²) in [5.41, 5.74) is 2.47. The highest BCUT2D eigenvalue weighted by Crippen LogP contribution is 2.34. The monoisotopic (exact) mass is 465 g/mol. The van der Waals surface area contributed by atoms with E-state index >= 15 is 0 Å². The molecule has 0 saturated heterocycles. The second-order valence-electron chi connectivity index (χ2n) is 7.08. The number of methoxy groups -OCH3 is 2. The minimum atomic E-state index is 0.0833. The number of nitrogens with zero attached hydrogens (tertiary/aromatic N) is 3. The van der Waals surface area contributed by atoms with Crippen LogP contribution in [0, 0.1) is 13.8 Å². The normalized spacial score (nSPS) is 10.9. The Balaban J connectivity index is 1.72. The lowest BCUT2D eigenvalue weighted by Gasteiger charge is -2.13. The van der Waals surface area contributed by atoms with Gasteiger partial charge in [-0.2, -0.15) is 0 Å². The van der Waals surface area contributed by atoms with Gasteiger partial charge in [0.15, 0.2) is 16.8 Å².